The highest BCUT2D eigenvalue weighted by Gasteiger charge is 2.10. The molecule has 5 nitrogen and oxygen atoms in total. The van der Waals surface area contributed by atoms with Crippen molar-refractivity contribution in [3.05, 3.63) is 49.3 Å². The van der Waals surface area contributed by atoms with Crippen LogP contribution in [-0.2, 0) is 0 Å². The summed E-state index contributed by atoms with van der Waals surface area (Å²) in [5.74, 6) is 1.56. The van der Waals surface area contributed by atoms with Crippen molar-refractivity contribution >= 4 is 23.0 Å². The summed E-state index contributed by atoms with van der Waals surface area (Å²) in [6.07, 6.45) is 7.29. The lowest BCUT2D eigenvalue weighted by Crippen LogP contribution is -2.29. The quantitative estimate of drug-likeness (QED) is 0.795. The van der Waals surface area contributed by atoms with Crippen molar-refractivity contribution in [2.45, 2.75) is 19.3 Å². The van der Waals surface area contributed by atoms with Gasteiger partial charge in [-0.2, -0.15) is 0 Å². The van der Waals surface area contributed by atoms with E-state index < -0.39 is 0 Å². The van der Waals surface area contributed by atoms with E-state index in [1.165, 1.54) is 24.9 Å². The summed E-state index contributed by atoms with van der Waals surface area (Å²) in [5, 5.41) is 6.47. The topological polar surface area (TPSA) is 53.1 Å². The van der Waals surface area contributed by atoms with Crippen LogP contribution in [0.1, 0.15) is 19.3 Å². The second kappa shape index (κ2) is 7.63. The fourth-order valence-electron chi connectivity index (χ4n) is 2.75. The monoisotopic (exact) mass is 309 g/mol. The standard InChI is InChI=1S/C18H23N5/c1-2-10-19-17-13-18(21-14-20-17)22-15-6-8-16(9-7-15)23-11-4-3-5-12-23/h2,6-9,13-14H,1,3-5,10-12H2,(H2,19,20,21,22). The number of piperidine rings is 1. The summed E-state index contributed by atoms with van der Waals surface area (Å²) in [6.45, 7) is 6.70. The third-order valence-corrected chi connectivity index (χ3v) is 3.96. The summed E-state index contributed by atoms with van der Waals surface area (Å²) in [6, 6.07) is 10.4. The third-order valence-electron chi connectivity index (χ3n) is 3.96. The Kier molecular flexibility index (Phi) is 5.09. The number of benzene rings is 1. The van der Waals surface area contributed by atoms with Crippen molar-refractivity contribution in [1.82, 2.24) is 9.97 Å². The van der Waals surface area contributed by atoms with Crippen LogP contribution < -0.4 is 15.5 Å². The van der Waals surface area contributed by atoms with Crippen molar-refractivity contribution in [3.63, 3.8) is 0 Å². The normalized spacial score (nSPS) is 14.3. The zero-order chi connectivity index (χ0) is 15.9. The number of rotatable bonds is 6. The van der Waals surface area contributed by atoms with Crippen LogP contribution in [0.2, 0.25) is 0 Å². The molecule has 0 amide bonds. The molecule has 3 rings (SSSR count). The first-order valence-electron chi connectivity index (χ1n) is 8.14. The van der Waals surface area contributed by atoms with Crippen LogP contribution in [0.3, 0.4) is 0 Å². The molecule has 2 N–H and O–H groups in total. The summed E-state index contributed by atoms with van der Waals surface area (Å²) in [7, 11) is 0. The number of hydrogen-bond donors (Lipinski definition) is 2. The fraction of sp³-hybridized carbons (Fsp3) is 0.333. The Labute approximate surface area is 137 Å². The van der Waals surface area contributed by atoms with Gasteiger partial charge in [-0.05, 0) is 43.5 Å². The molecule has 120 valence electrons. The predicted molar refractivity (Wildman–Crippen MR) is 96.5 cm³/mol. The van der Waals surface area contributed by atoms with Gasteiger partial charge in [-0.15, -0.1) is 6.58 Å². The van der Waals surface area contributed by atoms with Gasteiger partial charge in [0.05, 0.1) is 0 Å². The van der Waals surface area contributed by atoms with Crippen molar-refractivity contribution in [2.75, 3.05) is 35.2 Å². The Hall–Kier alpha value is -2.56. The predicted octanol–water partition coefficient (Wildman–Crippen LogP) is 3.81. The summed E-state index contributed by atoms with van der Waals surface area (Å²) >= 11 is 0. The minimum absolute atomic E-state index is 0.682. The van der Waals surface area contributed by atoms with Gasteiger partial charge >= 0.3 is 0 Å². The molecule has 1 aromatic carbocycles. The molecule has 0 unspecified atom stereocenters. The number of hydrogen-bond acceptors (Lipinski definition) is 5. The van der Waals surface area contributed by atoms with Gasteiger partial charge < -0.3 is 15.5 Å². The van der Waals surface area contributed by atoms with Crippen LogP contribution in [0.25, 0.3) is 0 Å². The molecule has 2 aromatic rings. The average Bonchev–Trinajstić information content (AvgIpc) is 2.62. The van der Waals surface area contributed by atoms with Gasteiger partial charge in [0.1, 0.15) is 18.0 Å². The molecule has 2 heterocycles. The van der Waals surface area contributed by atoms with Crippen molar-refractivity contribution in [1.29, 1.82) is 0 Å². The molecule has 0 radical (unpaired) electrons. The van der Waals surface area contributed by atoms with Crippen LogP contribution >= 0.6 is 0 Å². The van der Waals surface area contributed by atoms with E-state index in [2.05, 4.69) is 56.3 Å². The van der Waals surface area contributed by atoms with E-state index in [1.807, 2.05) is 6.07 Å². The lowest BCUT2D eigenvalue weighted by molar-refractivity contribution is 0.578. The molecule has 0 saturated carbocycles. The van der Waals surface area contributed by atoms with Gasteiger partial charge in [0.25, 0.3) is 0 Å². The molecular formula is C18H23N5. The molecule has 5 heteroatoms. The molecule has 1 saturated heterocycles. The first-order valence-corrected chi connectivity index (χ1v) is 8.14. The van der Waals surface area contributed by atoms with Gasteiger partial charge in [-0.25, -0.2) is 9.97 Å². The maximum absolute atomic E-state index is 4.26. The van der Waals surface area contributed by atoms with E-state index in [1.54, 1.807) is 12.4 Å². The molecular weight excluding hydrogens is 286 g/mol. The van der Waals surface area contributed by atoms with Gasteiger partial charge in [0, 0.05) is 37.1 Å². The van der Waals surface area contributed by atoms with Gasteiger partial charge in [-0.1, -0.05) is 6.08 Å². The molecule has 0 atom stereocenters. The largest absolute Gasteiger partial charge is 0.372 e. The van der Waals surface area contributed by atoms with Crippen molar-refractivity contribution in [2.24, 2.45) is 0 Å². The molecule has 1 aromatic heterocycles. The molecule has 0 bridgehead atoms. The van der Waals surface area contributed by atoms with Crippen LogP contribution in [0.5, 0.6) is 0 Å². The minimum Gasteiger partial charge on any atom is -0.372 e. The summed E-state index contributed by atoms with van der Waals surface area (Å²) < 4.78 is 0. The number of nitrogens with zero attached hydrogens (tertiary/aromatic N) is 3. The number of aromatic nitrogens is 2. The van der Waals surface area contributed by atoms with E-state index in [0.717, 1.165) is 30.4 Å². The second-order valence-corrected chi connectivity index (χ2v) is 5.68. The lowest BCUT2D eigenvalue weighted by atomic mass is 10.1. The highest BCUT2D eigenvalue weighted by atomic mass is 15.1. The maximum atomic E-state index is 4.26. The molecule has 1 aliphatic heterocycles. The Bertz CT molecular complexity index is 632. The number of nitrogens with one attached hydrogen (secondary N) is 2. The van der Waals surface area contributed by atoms with E-state index >= 15 is 0 Å². The average molecular weight is 309 g/mol. The third kappa shape index (κ3) is 4.22. The van der Waals surface area contributed by atoms with E-state index in [9.17, 15) is 0 Å². The van der Waals surface area contributed by atoms with E-state index in [4.69, 9.17) is 0 Å². The molecule has 23 heavy (non-hydrogen) atoms. The first kappa shape index (κ1) is 15.3. The fourth-order valence-corrected chi connectivity index (χ4v) is 2.75. The van der Waals surface area contributed by atoms with E-state index in [0.29, 0.717) is 6.54 Å². The van der Waals surface area contributed by atoms with E-state index in [-0.39, 0.29) is 0 Å². The zero-order valence-corrected chi connectivity index (χ0v) is 13.3. The molecule has 0 spiro atoms. The highest BCUT2D eigenvalue weighted by Crippen LogP contribution is 2.23. The van der Waals surface area contributed by atoms with Crippen LogP contribution in [0.15, 0.2) is 49.3 Å². The van der Waals surface area contributed by atoms with Gasteiger partial charge in [0.2, 0.25) is 0 Å². The SMILES string of the molecule is C=CCNc1cc(Nc2ccc(N3CCCCC3)cc2)ncn1. The highest BCUT2D eigenvalue weighted by molar-refractivity contribution is 5.62. The maximum Gasteiger partial charge on any atom is 0.135 e. The minimum atomic E-state index is 0.682. The first-order chi connectivity index (χ1) is 11.3. The summed E-state index contributed by atoms with van der Waals surface area (Å²) in [5.41, 5.74) is 2.32. The van der Waals surface area contributed by atoms with Gasteiger partial charge in [0.15, 0.2) is 0 Å². The summed E-state index contributed by atoms with van der Waals surface area (Å²) in [4.78, 5) is 10.9. The van der Waals surface area contributed by atoms with Gasteiger partial charge in [-0.3, -0.25) is 0 Å². The van der Waals surface area contributed by atoms with Crippen LogP contribution in [0, 0.1) is 0 Å². The van der Waals surface area contributed by atoms with Crippen molar-refractivity contribution < 1.29 is 0 Å². The second-order valence-electron chi connectivity index (χ2n) is 5.68. The molecule has 1 aliphatic rings. The number of anilines is 4. The zero-order valence-electron chi connectivity index (χ0n) is 13.3. The van der Waals surface area contributed by atoms with Crippen LogP contribution in [-0.4, -0.2) is 29.6 Å². The molecule has 0 aliphatic carbocycles. The van der Waals surface area contributed by atoms with Crippen LogP contribution in [0.4, 0.5) is 23.0 Å². The smallest absolute Gasteiger partial charge is 0.135 e. The Morgan fingerprint density at radius 2 is 1.78 bits per heavy atom. The van der Waals surface area contributed by atoms with Crippen molar-refractivity contribution in [3.8, 4) is 0 Å². The Morgan fingerprint density at radius 1 is 1.04 bits per heavy atom. The Morgan fingerprint density at radius 3 is 2.52 bits per heavy atom. The Balaban J connectivity index is 1.64. The lowest BCUT2D eigenvalue weighted by Gasteiger charge is -2.28. The molecule has 1 fully saturated rings.